The number of nitrogens with one attached hydrogen (secondary N) is 1. The highest BCUT2D eigenvalue weighted by Gasteiger charge is 2.17. The number of nitrogens with zero attached hydrogens (tertiary/aromatic N) is 2. The second kappa shape index (κ2) is 7.78. The third-order valence-corrected chi connectivity index (χ3v) is 6.09. The lowest BCUT2D eigenvalue weighted by molar-refractivity contribution is 0.0955. The van der Waals surface area contributed by atoms with E-state index in [0.717, 1.165) is 33.6 Å². The van der Waals surface area contributed by atoms with E-state index in [0.29, 0.717) is 16.4 Å². The van der Waals surface area contributed by atoms with E-state index in [9.17, 15) is 4.79 Å². The SMILES string of the molecule is CCc1ccc(CNC(=O)c2cc3c(C)nn(-c4ccc(Cl)cc4)c3s2)cc1. The van der Waals surface area contributed by atoms with Gasteiger partial charge in [-0.2, -0.15) is 5.10 Å². The summed E-state index contributed by atoms with van der Waals surface area (Å²) in [5.41, 5.74) is 4.21. The highest BCUT2D eigenvalue weighted by atomic mass is 35.5. The molecule has 1 N–H and O–H groups in total. The fourth-order valence-corrected chi connectivity index (χ4v) is 4.30. The Hall–Kier alpha value is -2.63. The lowest BCUT2D eigenvalue weighted by Gasteiger charge is -2.05. The third-order valence-electron chi connectivity index (χ3n) is 4.72. The normalized spacial score (nSPS) is 11.1. The lowest BCUT2D eigenvalue weighted by atomic mass is 10.1. The highest BCUT2D eigenvalue weighted by Crippen LogP contribution is 2.30. The molecule has 0 spiro atoms. The van der Waals surface area contributed by atoms with Crippen molar-refractivity contribution in [2.45, 2.75) is 26.8 Å². The Morgan fingerprint density at radius 3 is 2.46 bits per heavy atom. The Balaban J connectivity index is 1.56. The van der Waals surface area contributed by atoms with Gasteiger partial charge in [0.1, 0.15) is 4.83 Å². The molecule has 0 atom stereocenters. The second-order valence-corrected chi connectivity index (χ2v) is 8.12. The van der Waals surface area contributed by atoms with Crippen molar-refractivity contribution in [3.05, 3.63) is 81.3 Å². The topological polar surface area (TPSA) is 46.9 Å². The number of thiophene rings is 1. The number of aromatic nitrogens is 2. The zero-order valence-corrected chi connectivity index (χ0v) is 17.3. The van der Waals surface area contributed by atoms with Gasteiger partial charge in [0, 0.05) is 17.0 Å². The maximum absolute atomic E-state index is 12.7. The van der Waals surface area contributed by atoms with Crippen LogP contribution in [0.4, 0.5) is 0 Å². The third kappa shape index (κ3) is 3.68. The van der Waals surface area contributed by atoms with Gasteiger partial charge in [-0.05, 0) is 54.8 Å². The molecule has 2 aromatic heterocycles. The summed E-state index contributed by atoms with van der Waals surface area (Å²) < 4.78 is 1.87. The molecule has 4 rings (SSSR count). The van der Waals surface area contributed by atoms with Crippen LogP contribution < -0.4 is 5.32 Å². The maximum atomic E-state index is 12.7. The van der Waals surface area contributed by atoms with Crippen molar-refractivity contribution in [2.24, 2.45) is 0 Å². The van der Waals surface area contributed by atoms with E-state index in [1.807, 2.05) is 41.9 Å². The molecule has 0 aliphatic heterocycles. The van der Waals surface area contributed by atoms with Crippen LogP contribution in [0.5, 0.6) is 0 Å². The average molecular weight is 410 g/mol. The minimum absolute atomic E-state index is 0.0668. The molecule has 0 aliphatic carbocycles. The first kappa shape index (κ1) is 18.7. The molecule has 6 heteroatoms. The molecule has 1 amide bonds. The Kier molecular flexibility index (Phi) is 5.20. The highest BCUT2D eigenvalue weighted by molar-refractivity contribution is 7.20. The lowest BCUT2D eigenvalue weighted by Crippen LogP contribution is -2.21. The molecule has 0 unspecified atom stereocenters. The van der Waals surface area contributed by atoms with E-state index in [-0.39, 0.29) is 5.91 Å². The molecule has 2 heterocycles. The van der Waals surface area contributed by atoms with Gasteiger partial charge in [-0.1, -0.05) is 42.8 Å². The average Bonchev–Trinajstić information content (AvgIpc) is 3.28. The molecule has 0 bridgehead atoms. The molecular weight excluding hydrogens is 390 g/mol. The zero-order valence-electron chi connectivity index (χ0n) is 15.7. The summed E-state index contributed by atoms with van der Waals surface area (Å²) in [5, 5.41) is 9.31. The summed E-state index contributed by atoms with van der Waals surface area (Å²) >= 11 is 7.44. The first-order valence-electron chi connectivity index (χ1n) is 9.16. The van der Waals surface area contributed by atoms with Crippen molar-refractivity contribution in [1.82, 2.24) is 15.1 Å². The number of aryl methyl sites for hydroxylation is 2. The van der Waals surface area contributed by atoms with Crippen LogP contribution in [0.3, 0.4) is 0 Å². The van der Waals surface area contributed by atoms with E-state index >= 15 is 0 Å². The van der Waals surface area contributed by atoms with E-state index in [4.69, 9.17) is 11.6 Å². The molecular formula is C22H20ClN3OS. The quantitative estimate of drug-likeness (QED) is 0.470. The Labute approximate surface area is 172 Å². The van der Waals surface area contributed by atoms with Gasteiger partial charge < -0.3 is 5.32 Å². The fourth-order valence-electron chi connectivity index (χ4n) is 3.08. The number of hydrogen-bond acceptors (Lipinski definition) is 3. The van der Waals surface area contributed by atoms with E-state index in [1.165, 1.54) is 16.9 Å². The van der Waals surface area contributed by atoms with Gasteiger partial charge in [0.05, 0.1) is 16.3 Å². The minimum Gasteiger partial charge on any atom is -0.347 e. The fraction of sp³-hybridized carbons (Fsp3) is 0.182. The summed E-state index contributed by atoms with van der Waals surface area (Å²) in [6, 6.07) is 17.8. The molecule has 4 aromatic rings. The minimum atomic E-state index is -0.0668. The van der Waals surface area contributed by atoms with Crippen LogP contribution in [0.15, 0.2) is 54.6 Å². The molecule has 0 radical (unpaired) electrons. The summed E-state index contributed by atoms with van der Waals surface area (Å²) in [6.07, 6.45) is 1.01. The molecule has 142 valence electrons. The van der Waals surface area contributed by atoms with Crippen LogP contribution in [0.1, 0.15) is 33.4 Å². The number of fused-ring (bicyclic) bond motifs is 1. The predicted molar refractivity (Wildman–Crippen MR) is 116 cm³/mol. The summed E-state index contributed by atoms with van der Waals surface area (Å²) in [5.74, 6) is -0.0668. The monoisotopic (exact) mass is 409 g/mol. The van der Waals surface area contributed by atoms with Crippen LogP contribution in [-0.2, 0) is 13.0 Å². The number of carbonyl (C=O) groups is 1. The van der Waals surface area contributed by atoms with Crippen molar-refractivity contribution >= 4 is 39.1 Å². The summed E-state index contributed by atoms with van der Waals surface area (Å²) in [4.78, 5) is 14.3. The van der Waals surface area contributed by atoms with Gasteiger partial charge in [-0.25, -0.2) is 4.68 Å². The Morgan fingerprint density at radius 2 is 1.79 bits per heavy atom. The predicted octanol–water partition coefficient (Wildman–Crippen LogP) is 5.54. The zero-order chi connectivity index (χ0) is 19.7. The number of hydrogen-bond donors (Lipinski definition) is 1. The smallest absolute Gasteiger partial charge is 0.261 e. The number of carbonyl (C=O) groups excluding carboxylic acids is 1. The maximum Gasteiger partial charge on any atom is 0.261 e. The van der Waals surface area contributed by atoms with Crippen molar-refractivity contribution in [3.63, 3.8) is 0 Å². The number of halogens is 1. The summed E-state index contributed by atoms with van der Waals surface area (Å²) in [6.45, 7) is 4.60. The van der Waals surface area contributed by atoms with Crippen molar-refractivity contribution in [2.75, 3.05) is 0 Å². The van der Waals surface area contributed by atoms with Crippen molar-refractivity contribution < 1.29 is 4.79 Å². The van der Waals surface area contributed by atoms with E-state index < -0.39 is 0 Å². The largest absolute Gasteiger partial charge is 0.347 e. The molecule has 0 saturated heterocycles. The van der Waals surface area contributed by atoms with Crippen LogP contribution in [0.25, 0.3) is 15.9 Å². The van der Waals surface area contributed by atoms with Gasteiger partial charge in [0.2, 0.25) is 0 Å². The Bertz CT molecular complexity index is 1130. The van der Waals surface area contributed by atoms with Gasteiger partial charge in [-0.3, -0.25) is 4.79 Å². The van der Waals surface area contributed by atoms with Crippen LogP contribution in [-0.4, -0.2) is 15.7 Å². The van der Waals surface area contributed by atoms with Gasteiger partial charge in [-0.15, -0.1) is 11.3 Å². The number of benzene rings is 2. The van der Waals surface area contributed by atoms with E-state index in [1.54, 1.807) is 0 Å². The molecule has 2 aromatic carbocycles. The molecule has 28 heavy (non-hydrogen) atoms. The Morgan fingerprint density at radius 1 is 1.11 bits per heavy atom. The van der Waals surface area contributed by atoms with Crippen LogP contribution in [0, 0.1) is 6.92 Å². The first-order valence-corrected chi connectivity index (χ1v) is 10.4. The standard InChI is InChI=1S/C22H20ClN3OS/c1-3-15-4-6-16(7-5-15)13-24-21(27)20-12-19-14(2)25-26(22(19)28-20)18-10-8-17(23)9-11-18/h4-12H,3,13H2,1-2H3,(H,24,27). The second-order valence-electron chi connectivity index (χ2n) is 6.66. The van der Waals surface area contributed by atoms with Crippen LogP contribution >= 0.6 is 22.9 Å². The van der Waals surface area contributed by atoms with E-state index in [2.05, 4.69) is 41.6 Å². The van der Waals surface area contributed by atoms with Gasteiger partial charge in [0.15, 0.2) is 0 Å². The summed E-state index contributed by atoms with van der Waals surface area (Å²) in [7, 11) is 0. The van der Waals surface area contributed by atoms with Crippen molar-refractivity contribution in [1.29, 1.82) is 0 Å². The van der Waals surface area contributed by atoms with Gasteiger partial charge >= 0.3 is 0 Å². The van der Waals surface area contributed by atoms with Gasteiger partial charge in [0.25, 0.3) is 5.91 Å². The molecule has 0 saturated carbocycles. The molecule has 4 nitrogen and oxygen atoms in total. The molecule has 0 aliphatic rings. The number of rotatable bonds is 5. The van der Waals surface area contributed by atoms with Crippen molar-refractivity contribution in [3.8, 4) is 5.69 Å². The van der Waals surface area contributed by atoms with Crippen LogP contribution in [0.2, 0.25) is 5.02 Å². The first-order chi connectivity index (χ1) is 13.5. The number of amides is 1. The molecule has 0 fully saturated rings.